The van der Waals surface area contributed by atoms with E-state index in [2.05, 4.69) is 21.1 Å². The number of aliphatic carboxylic acids is 1. The highest BCUT2D eigenvalue weighted by Gasteiger charge is 2.22. The highest BCUT2D eigenvalue weighted by atomic mass is 16.5. The number of amides is 3. The molecule has 3 amide bonds. The topological polar surface area (TPSA) is 155 Å². The molecule has 6 N–H and O–H groups in total. The molecule has 31 heavy (non-hydrogen) atoms. The zero-order valence-electron chi connectivity index (χ0n) is 17.0. The molecule has 0 radical (unpaired) electrons. The number of hydrogen-bond acceptors (Lipinski definition) is 6. The van der Waals surface area contributed by atoms with Crippen molar-refractivity contribution in [3.63, 3.8) is 0 Å². The summed E-state index contributed by atoms with van der Waals surface area (Å²) in [6.45, 7) is -0.0187. The van der Waals surface area contributed by atoms with Crippen molar-refractivity contribution < 1.29 is 24.2 Å². The Labute approximate surface area is 179 Å². The van der Waals surface area contributed by atoms with Gasteiger partial charge in [-0.3, -0.25) is 9.59 Å². The van der Waals surface area contributed by atoms with Gasteiger partial charge >= 0.3 is 12.0 Å². The van der Waals surface area contributed by atoms with Crippen molar-refractivity contribution in [2.24, 2.45) is 10.9 Å². The highest BCUT2D eigenvalue weighted by molar-refractivity contribution is 5.91. The summed E-state index contributed by atoms with van der Waals surface area (Å²) in [5.41, 5.74) is 1.96. The van der Waals surface area contributed by atoms with E-state index in [1.165, 1.54) is 13.3 Å². The first-order chi connectivity index (χ1) is 14.9. The number of hydrogen-bond donors (Lipinski definition) is 5. The van der Waals surface area contributed by atoms with E-state index in [4.69, 9.17) is 15.7 Å². The molecule has 0 aliphatic rings. The Hall–Kier alpha value is -4.08. The monoisotopic (exact) mass is 427 g/mol. The number of nitrogens with two attached hydrogens (primary N) is 1. The fourth-order valence-corrected chi connectivity index (χ4v) is 2.74. The molecule has 0 heterocycles. The van der Waals surface area contributed by atoms with Gasteiger partial charge in [0.15, 0.2) is 0 Å². The number of benzene rings is 2. The molecule has 0 bridgehead atoms. The number of carbonyl (C=O) groups excluding carboxylic acids is 2. The summed E-state index contributed by atoms with van der Waals surface area (Å²) in [5, 5.41) is 20.1. The lowest BCUT2D eigenvalue weighted by molar-refractivity contribution is -0.136. The SMILES string of the molecule is COc1cccc(C(CNC(=O)Nc2ccc(C=NN)cc2)C(=O)NCCC(=O)O)c1. The third kappa shape index (κ3) is 7.69. The minimum atomic E-state index is -1.01. The van der Waals surface area contributed by atoms with Crippen molar-refractivity contribution in [3.05, 3.63) is 59.7 Å². The van der Waals surface area contributed by atoms with Crippen LogP contribution in [0.5, 0.6) is 5.75 Å². The van der Waals surface area contributed by atoms with Gasteiger partial charge in [0.2, 0.25) is 5.91 Å². The Morgan fingerprint density at radius 3 is 2.55 bits per heavy atom. The lowest BCUT2D eigenvalue weighted by Crippen LogP contribution is -2.39. The van der Waals surface area contributed by atoms with Gasteiger partial charge in [-0.1, -0.05) is 24.3 Å². The van der Waals surface area contributed by atoms with E-state index in [-0.39, 0.29) is 19.5 Å². The van der Waals surface area contributed by atoms with Crippen LogP contribution in [0.1, 0.15) is 23.5 Å². The number of carboxylic acids is 1. The zero-order valence-corrected chi connectivity index (χ0v) is 17.0. The number of ether oxygens (including phenoxy) is 1. The van der Waals surface area contributed by atoms with E-state index in [9.17, 15) is 14.4 Å². The number of nitrogens with one attached hydrogen (secondary N) is 3. The Morgan fingerprint density at radius 2 is 1.90 bits per heavy atom. The maximum atomic E-state index is 12.7. The lowest BCUT2D eigenvalue weighted by atomic mass is 9.97. The number of urea groups is 1. The van der Waals surface area contributed by atoms with Crippen LogP contribution in [0.4, 0.5) is 10.5 Å². The van der Waals surface area contributed by atoms with Gasteiger partial charge in [0.05, 0.1) is 25.7 Å². The maximum absolute atomic E-state index is 12.7. The van der Waals surface area contributed by atoms with Crippen molar-refractivity contribution in [1.82, 2.24) is 10.6 Å². The van der Waals surface area contributed by atoms with Crippen molar-refractivity contribution in [2.75, 3.05) is 25.5 Å². The minimum Gasteiger partial charge on any atom is -0.497 e. The molecule has 2 rings (SSSR count). The van der Waals surface area contributed by atoms with Crippen LogP contribution >= 0.6 is 0 Å². The molecule has 2 aromatic rings. The van der Waals surface area contributed by atoms with Gasteiger partial charge in [0.1, 0.15) is 5.75 Å². The van der Waals surface area contributed by atoms with Crippen LogP contribution in [-0.4, -0.2) is 49.4 Å². The fraction of sp³-hybridized carbons (Fsp3) is 0.238. The molecule has 164 valence electrons. The maximum Gasteiger partial charge on any atom is 0.319 e. The van der Waals surface area contributed by atoms with E-state index in [0.29, 0.717) is 17.0 Å². The van der Waals surface area contributed by atoms with E-state index >= 15 is 0 Å². The largest absolute Gasteiger partial charge is 0.497 e. The molecule has 2 aromatic carbocycles. The van der Waals surface area contributed by atoms with Gasteiger partial charge in [-0.15, -0.1) is 0 Å². The Kier molecular flexibility index (Phi) is 8.84. The molecular weight excluding hydrogens is 402 g/mol. The normalized spacial score (nSPS) is 11.5. The van der Waals surface area contributed by atoms with Crippen LogP contribution in [0.15, 0.2) is 53.6 Å². The number of carboxylic acid groups (broad SMARTS) is 1. The summed E-state index contributed by atoms with van der Waals surface area (Å²) >= 11 is 0. The minimum absolute atomic E-state index is 0.00415. The third-order valence-electron chi connectivity index (χ3n) is 4.31. The van der Waals surface area contributed by atoms with Crippen LogP contribution in [0.25, 0.3) is 0 Å². The van der Waals surface area contributed by atoms with Gasteiger partial charge in [-0.25, -0.2) is 4.79 Å². The number of nitrogens with zero attached hydrogens (tertiary/aromatic N) is 1. The first-order valence-electron chi connectivity index (χ1n) is 9.44. The molecule has 0 aromatic heterocycles. The summed E-state index contributed by atoms with van der Waals surface area (Å²) in [5.74, 6) is 3.51. The van der Waals surface area contributed by atoms with Crippen LogP contribution < -0.4 is 26.5 Å². The molecule has 0 saturated carbocycles. The first-order valence-corrected chi connectivity index (χ1v) is 9.44. The Balaban J connectivity index is 2.04. The van der Waals surface area contributed by atoms with Crippen LogP contribution in [0.2, 0.25) is 0 Å². The average molecular weight is 427 g/mol. The van der Waals surface area contributed by atoms with Crippen molar-refractivity contribution in [1.29, 1.82) is 0 Å². The van der Waals surface area contributed by atoms with Gasteiger partial charge < -0.3 is 31.6 Å². The van der Waals surface area contributed by atoms with Crippen LogP contribution in [0, 0.1) is 0 Å². The van der Waals surface area contributed by atoms with Crippen molar-refractivity contribution in [2.45, 2.75) is 12.3 Å². The number of methoxy groups -OCH3 is 1. The molecule has 0 aliphatic heterocycles. The summed E-state index contributed by atoms with van der Waals surface area (Å²) in [4.78, 5) is 35.7. The average Bonchev–Trinajstić information content (AvgIpc) is 2.75. The summed E-state index contributed by atoms with van der Waals surface area (Å²) in [7, 11) is 1.51. The smallest absolute Gasteiger partial charge is 0.319 e. The quantitative estimate of drug-likeness (QED) is 0.220. The van der Waals surface area contributed by atoms with Crippen LogP contribution in [-0.2, 0) is 9.59 Å². The number of carbonyl (C=O) groups is 3. The summed E-state index contributed by atoms with van der Waals surface area (Å²) in [6.07, 6.45) is 1.28. The Morgan fingerprint density at radius 1 is 1.16 bits per heavy atom. The lowest BCUT2D eigenvalue weighted by Gasteiger charge is -2.19. The Bertz CT molecular complexity index is 930. The van der Waals surface area contributed by atoms with E-state index in [0.717, 1.165) is 5.56 Å². The molecular formula is C21H25N5O5. The molecule has 10 heteroatoms. The predicted octanol–water partition coefficient (Wildman–Crippen LogP) is 1.48. The van der Waals surface area contributed by atoms with Crippen molar-refractivity contribution >= 4 is 29.8 Å². The molecule has 1 unspecified atom stereocenters. The zero-order chi connectivity index (χ0) is 22.6. The molecule has 0 saturated heterocycles. The van der Waals surface area contributed by atoms with Gasteiger partial charge in [0.25, 0.3) is 0 Å². The predicted molar refractivity (Wildman–Crippen MR) is 116 cm³/mol. The fourth-order valence-electron chi connectivity index (χ4n) is 2.74. The highest BCUT2D eigenvalue weighted by Crippen LogP contribution is 2.21. The molecule has 0 spiro atoms. The second-order valence-electron chi connectivity index (χ2n) is 6.50. The van der Waals surface area contributed by atoms with Crippen LogP contribution in [0.3, 0.4) is 0 Å². The van der Waals surface area contributed by atoms with Gasteiger partial charge in [-0.2, -0.15) is 5.10 Å². The molecule has 1 atom stereocenters. The van der Waals surface area contributed by atoms with Crippen molar-refractivity contribution in [3.8, 4) is 5.75 Å². The van der Waals surface area contributed by atoms with Gasteiger partial charge in [-0.05, 0) is 35.4 Å². The standard InChI is InChI=1S/C21H25N5O5/c1-31-17-4-2-3-15(11-17)18(20(29)23-10-9-19(27)28)13-24-21(30)26-16-7-5-14(6-8-16)12-25-22/h2-8,11-12,18H,9-10,13,22H2,1H3,(H,23,29)(H,27,28)(H2,24,26,30). The molecule has 0 fully saturated rings. The number of rotatable bonds is 10. The van der Waals surface area contributed by atoms with E-state index in [1.54, 1.807) is 48.5 Å². The number of anilines is 1. The number of hydrazone groups is 1. The molecule has 10 nitrogen and oxygen atoms in total. The van der Waals surface area contributed by atoms with Gasteiger partial charge in [0, 0.05) is 18.8 Å². The second-order valence-corrected chi connectivity index (χ2v) is 6.50. The van der Waals surface area contributed by atoms with E-state index < -0.39 is 23.8 Å². The third-order valence-corrected chi connectivity index (χ3v) is 4.31. The molecule has 0 aliphatic carbocycles. The summed E-state index contributed by atoms with van der Waals surface area (Å²) < 4.78 is 5.20. The summed E-state index contributed by atoms with van der Waals surface area (Å²) in [6, 6.07) is 13.3. The second kappa shape index (κ2) is 11.8. The van der Waals surface area contributed by atoms with E-state index in [1.807, 2.05) is 0 Å². The first kappa shape index (κ1) is 23.2.